The van der Waals surface area contributed by atoms with Crippen LogP contribution in [0.25, 0.3) is 10.8 Å². The lowest BCUT2D eigenvalue weighted by Crippen LogP contribution is -2.08. The molecular formula is C16H18N4O2. The van der Waals surface area contributed by atoms with E-state index < -0.39 is 0 Å². The summed E-state index contributed by atoms with van der Waals surface area (Å²) in [6.45, 7) is 5.83. The summed E-state index contributed by atoms with van der Waals surface area (Å²) in [5, 5.41) is 21.5. The van der Waals surface area contributed by atoms with E-state index in [2.05, 4.69) is 20.5 Å². The Hall–Kier alpha value is -2.76. The lowest BCUT2D eigenvalue weighted by atomic mass is 10.1. The van der Waals surface area contributed by atoms with Crippen molar-refractivity contribution in [3.05, 3.63) is 36.0 Å². The van der Waals surface area contributed by atoms with Gasteiger partial charge in [-0.25, -0.2) is 0 Å². The molecule has 6 nitrogen and oxygen atoms in total. The number of pyridine rings is 1. The number of aromatic amines is 1. The second-order valence-electron chi connectivity index (χ2n) is 5.45. The van der Waals surface area contributed by atoms with E-state index in [4.69, 9.17) is 4.74 Å². The minimum Gasteiger partial charge on any atom is -0.508 e. The summed E-state index contributed by atoms with van der Waals surface area (Å²) in [7, 11) is 0. The largest absolute Gasteiger partial charge is 0.508 e. The fourth-order valence-corrected chi connectivity index (χ4v) is 2.20. The minimum atomic E-state index is 0.00683. The molecule has 6 heteroatoms. The molecule has 114 valence electrons. The van der Waals surface area contributed by atoms with Crippen LogP contribution in [0.15, 0.2) is 30.3 Å². The number of fused-ring (bicyclic) bond motifs is 1. The first kappa shape index (κ1) is 14.2. The normalized spacial score (nSPS) is 11.1. The number of hydrogen-bond acceptors (Lipinski definition) is 5. The van der Waals surface area contributed by atoms with Gasteiger partial charge in [0.2, 0.25) is 5.88 Å². The summed E-state index contributed by atoms with van der Waals surface area (Å²) < 4.78 is 5.79. The third-order valence-electron chi connectivity index (χ3n) is 3.09. The van der Waals surface area contributed by atoms with Crippen LogP contribution in [0, 0.1) is 6.92 Å². The first-order valence-corrected chi connectivity index (χ1v) is 7.11. The van der Waals surface area contributed by atoms with E-state index >= 15 is 0 Å². The van der Waals surface area contributed by atoms with Crippen LogP contribution >= 0.6 is 0 Å². The van der Waals surface area contributed by atoms with Gasteiger partial charge in [-0.1, -0.05) is 0 Å². The van der Waals surface area contributed by atoms with Gasteiger partial charge >= 0.3 is 0 Å². The van der Waals surface area contributed by atoms with E-state index in [-0.39, 0.29) is 11.9 Å². The van der Waals surface area contributed by atoms with Crippen molar-refractivity contribution in [2.45, 2.75) is 26.9 Å². The Morgan fingerprint density at radius 2 is 2.00 bits per heavy atom. The summed E-state index contributed by atoms with van der Waals surface area (Å²) in [5.74, 6) is 2.03. The number of aromatic hydroxyl groups is 1. The van der Waals surface area contributed by atoms with Crippen LogP contribution in [0.2, 0.25) is 0 Å². The molecule has 0 aliphatic carbocycles. The molecule has 22 heavy (non-hydrogen) atoms. The number of hydrogen-bond donors (Lipinski definition) is 3. The highest BCUT2D eigenvalue weighted by Gasteiger charge is 2.10. The third-order valence-corrected chi connectivity index (χ3v) is 3.09. The number of nitrogens with one attached hydrogen (secondary N) is 2. The van der Waals surface area contributed by atoms with Gasteiger partial charge in [-0.3, -0.25) is 5.10 Å². The maximum atomic E-state index is 9.69. The number of phenolic OH excluding ortho intramolecular Hbond substituents is 1. The van der Waals surface area contributed by atoms with Crippen molar-refractivity contribution >= 4 is 22.4 Å². The molecule has 2 heterocycles. The van der Waals surface area contributed by atoms with Gasteiger partial charge in [0.15, 0.2) is 5.82 Å². The van der Waals surface area contributed by atoms with Crippen LogP contribution in [-0.2, 0) is 0 Å². The summed E-state index contributed by atoms with van der Waals surface area (Å²) >= 11 is 0. The van der Waals surface area contributed by atoms with E-state index in [1.54, 1.807) is 18.2 Å². The van der Waals surface area contributed by atoms with Crippen molar-refractivity contribution in [2.24, 2.45) is 0 Å². The molecule has 3 N–H and O–H groups in total. The molecule has 3 aromatic rings. The Morgan fingerprint density at radius 1 is 1.18 bits per heavy atom. The number of benzene rings is 1. The highest BCUT2D eigenvalue weighted by molar-refractivity contribution is 5.90. The van der Waals surface area contributed by atoms with Gasteiger partial charge in [0.25, 0.3) is 0 Å². The Kier molecular flexibility index (Phi) is 3.58. The van der Waals surface area contributed by atoms with E-state index in [0.29, 0.717) is 17.5 Å². The first-order chi connectivity index (χ1) is 10.5. The van der Waals surface area contributed by atoms with Gasteiger partial charge in [-0.15, -0.1) is 0 Å². The molecule has 0 radical (unpaired) electrons. The Bertz CT molecular complexity index is 811. The number of phenols is 1. The summed E-state index contributed by atoms with van der Waals surface area (Å²) in [6, 6.07) is 8.86. The average molecular weight is 298 g/mol. The number of nitrogens with zero attached hydrogens (tertiary/aromatic N) is 2. The number of aryl methyl sites for hydroxylation is 1. The molecule has 0 saturated carbocycles. The Balaban J connectivity index is 2.06. The van der Waals surface area contributed by atoms with Crippen molar-refractivity contribution in [1.82, 2.24) is 15.2 Å². The number of rotatable bonds is 4. The third kappa shape index (κ3) is 2.95. The van der Waals surface area contributed by atoms with Crippen LogP contribution in [-0.4, -0.2) is 26.4 Å². The van der Waals surface area contributed by atoms with Gasteiger partial charge in [0.1, 0.15) is 11.6 Å². The average Bonchev–Trinajstić information content (AvgIpc) is 2.82. The second-order valence-corrected chi connectivity index (χ2v) is 5.45. The van der Waals surface area contributed by atoms with Gasteiger partial charge < -0.3 is 15.2 Å². The van der Waals surface area contributed by atoms with Gasteiger partial charge in [-0.2, -0.15) is 10.1 Å². The van der Waals surface area contributed by atoms with Crippen molar-refractivity contribution in [3.63, 3.8) is 0 Å². The second kappa shape index (κ2) is 5.55. The smallest absolute Gasteiger partial charge is 0.223 e. The maximum absolute atomic E-state index is 9.69. The topological polar surface area (TPSA) is 83.1 Å². The predicted octanol–water partition coefficient (Wildman–Crippen LogP) is 3.50. The van der Waals surface area contributed by atoms with Crippen molar-refractivity contribution in [3.8, 4) is 11.6 Å². The zero-order valence-corrected chi connectivity index (χ0v) is 12.7. The van der Waals surface area contributed by atoms with E-state index in [1.807, 2.05) is 32.9 Å². The summed E-state index contributed by atoms with van der Waals surface area (Å²) in [4.78, 5) is 4.51. The molecule has 0 bridgehead atoms. The SMILES string of the molecule is Cc1cc(Nc2cc3cc(O)ccc3c(OC(C)C)n2)n[nH]1. The lowest BCUT2D eigenvalue weighted by Gasteiger charge is -2.13. The number of ether oxygens (including phenoxy) is 1. The standard InChI is InChI=1S/C16H18N4O2/c1-9(2)22-16-13-5-4-12(21)7-11(13)8-14(18-16)17-15-6-10(3)19-20-15/h4-9,21H,1-3H3,(H2,17,18,19,20). The van der Waals surface area contributed by atoms with Gasteiger partial charge in [0.05, 0.1) is 6.10 Å². The van der Waals surface area contributed by atoms with Crippen LogP contribution in [0.3, 0.4) is 0 Å². The van der Waals surface area contributed by atoms with Crippen molar-refractivity contribution in [1.29, 1.82) is 0 Å². The molecule has 2 aromatic heterocycles. The molecule has 0 atom stereocenters. The molecular weight excluding hydrogens is 280 g/mol. The van der Waals surface area contributed by atoms with E-state index in [9.17, 15) is 5.11 Å². The molecule has 0 unspecified atom stereocenters. The number of aromatic nitrogens is 3. The maximum Gasteiger partial charge on any atom is 0.223 e. The predicted molar refractivity (Wildman–Crippen MR) is 85.8 cm³/mol. The van der Waals surface area contributed by atoms with Crippen LogP contribution in [0.4, 0.5) is 11.6 Å². The zero-order valence-electron chi connectivity index (χ0n) is 12.7. The van der Waals surface area contributed by atoms with Crippen molar-refractivity contribution < 1.29 is 9.84 Å². The van der Waals surface area contributed by atoms with Crippen LogP contribution in [0.1, 0.15) is 19.5 Å². The molecule has 0 aliphatic rings. The zero-order chi connectivity index (χ0) is 15.7. The molecule has 3 rings (SSSR count). The monoisotopic (exact) mass is 298 g/mol. The molecule has 0 spiro atoms. The first-order valence-electron chi connectivity index (χ1n) is 7.11. The highest BCUT2D eigenvalue weighted by Crippen LogP contribution is 2.30. The molecule has 0 saturated heterocycles. The molecule has 0 aliphatic heterocycles. The molecule has 1 aromatic carbocycles. The highest BCUT2D eigenvalue weighted by atomic mass is 16.5. The summed E-state index contributed by atoms with van der Waals surface area (Å²) in [5.41, 5.74) is 0.958. The lowest BCUT2D eigenvalue weighted by molar-refractivity contribution is 0.236. The fourth-order valence-electron chi connectivity index (χ4n) is 2.20. The number of H-pyrrole nitrogens is 1. The van der Waals surface area contributed by atoms with Gasteiger partial charge in [0, 0.05) is 17.1 Å². The van der Waals surface area contributed by atoms with E-state index in [0.717, 1.165) is 16.5 Å². The summed E-state index contributed by atoms with van der Waals surface area (Å²) in [6.07, 6.45) is 0.00683. The molecule has 0 amide bonds. The van der Waals surface area contributed by atoms with Crippen molar-refractivity contribution in [2.75, 3.05) is 5.32 Å². The minimum absolute atomic E-state index is 0.00683. The Labute approximate surface area is 128 Å². The fraction of sp³-hybridized carbons (Fsp3) is 0.250. The van der Waals surface area contributed by atoms with Crippen LogP contribution < -0.4 is 10.1 Å². The molecule has 0 fully saturated rings. The quantitative estimate of drug-likeness (QED) is 0.686. The Morgan fingerprint density at radius 3 is 2.68 bits per heavy atom. The van der Waals surface area contributed by atoms with E-state index in [1.165, 1.54) is 0 Å². The van der Waals surface area contributed by atoms with Gasteiger partial charge in [-0.05, 0) is 50.4 Å². The van der Waals surface area contributed by atoms with Crippen LogP contribution in [0.5, 0.6) is 11.6 Å². The number of anilines is 2.